The minimum Gasteiger partial charge on any atom is -0.508 e. The lowest BCUT2D eigenvalue weighted by atomic mass is 10.0. The van der Waals surface area contributed by atoms with Crippen LogP contribution in [0.3, 0.4) is 0 Å². The Kier molecular flexibility index (Phi) is 4.97. The summed E-state index contributed by atoms with van der Waals surface area (Å²) in [7, 11) is 0. The lowest BCUT2D eigenvalue weighted by Crippen LogP contribution is -2.40. The van der Waals surface area contributed by atoms with Crippen molar-refractivity contribution in [2.24, 2.45) is 11.7 Å². The van der Waals surface area contributed by atoms with Gasteiger partial charge in [0, 0.05) is 6.54 Å². The van der Waals surface area contributed by atoms with Crippen LogP contribution in [0, 0.1) is 5.92 Å². The number of phenolic OH excluding ortho intramolecular Hbond substituents is 1. The van der Waals surface area contributed by atoms with E-state index in [1.807, 2.05) is 13.8 Å². The summed E-state index contributed by atoms with van der Waals surface area (Å²) in [6.07, 6.45) is 0.682. The highest BCUT2D eigenvalue weighted by atomic mass is 16.3. The van der Waals surface area contributed by atoms with E-state index in [0.717, 1.165) is 5.56 Å². The highest BCUT2D eigenvalue weighted by Gasteiger charge is 2.14. The van der Waals surface area contributed by atoms with Crippen LogP contribution in [0.4, 0.5) is 0 Å². The minimum atomic E-state index is -0.452. The van der Waals surface area contributed by atoms with Crippen LogP contribution in [0.1, 0.15) is 25.8 Å². The lowest BCUT2D eigenvalue weighted by molar-refractivity contribution is -0.122. The summed E-state index contributed by atoms with van der Waals surface area (Å²) in [6.45, 7) is 4.51. The molecule has 0 heterocycles. The largest absolute Gasteiger partial charge is 0.508 e. The first-order chi connectivity index (χ1) is 7.99. The summed E-state index contributed by atoms with van der Waals surface area (Å²) in [5.41, 5.74) is 6.69. The van der Waals surface area contributed by atoms with Crippen LogP contribution in [0.15, 0.2) is 24.3 Å². The number of carbonyl (C=O) groups is 1. The molecule has 1 amide bonds. The first kappa shape index (κ1) is 13.5. The molecule has 1 rings (SSSR count). The van der Waals surface area contributed by atoms with Crippen molar-refractivity contribution in [1.29, 1.82) is 0 Å². The quantitative estimate of drug-likeness (QED) is 0.723. The monoisotopic (exact) mass is 236 g/mol. The molecule has 4 nitrogen and oxygen atoms in total. The van der Waals surface area contributed by atoms with E-state index in [1.165, 1.54) is 0 Å². The van der Waals surface area contributed by atoms with Crippen LogP contribution < -0.4 is 11.1 Å². The molecule has 4 N–H and O–H groups in total. The second-order valence-corrected chi connectivity index (χ2v) is 4.62. The van der Waals surface area contributed by atoms with Gasteiger partial charge in [0.05, 0.1) is 6.04 Å². The molecule has 0 radical (unpaired) electrons. The Hall–Kier alpha value is -1.55. The fourth-order valence-corrected chi connectivity index (χ4v) is 1.55. The van der Waals surface area contributed by atoms with E-state index < -0.39 is 6.04 Å². The summed E-state index contributed by atoms with van der Waals surface area (Å²) >= 11 is 0. The van der Waals surface area contributed by atoms with E-state index in [9.17, 15) is 4.79 Å². The number of hydrogen-bond acceptors (Lipinski definition) is 3. The van der Waals surface area contributed by atoms with Gasteiger partial charge in [0.25, 0.3) is 0 Å². The zero-order valence-corrected chi connectivity index (χ0v) is 10.3. The molecule has 0 aliphatic rings. The van der Waals surface area contributed by atoms with Crippen LogP contribution >= 0.6 is 0 Å². The Labute approximate surface area is 102 Å². The molecule has 1 atom stereocenters. The number of nitrogens with one attached hydrogen (secondary N) is 1. The van der Waals surface area contributed by atoms with Crippen molar-refractivity contribution in [2.45, 2.75) is 32.9 Å². The zero-order chi connectivity index (χ0) is 12.8. The summed E-state index contributed by atoms with van der Waals surface area (Å²) in [4.78, 5) is 11.6. The van der Waals surface area contributed by atoms with E-state index in [0.29, 0.717) is 18.9 Å². The molecule has 94 valence electrons. The summed E-state index contributed by atoms with van der Waals surface area (Å²) in [6, 6.07) is 6.27. The van der Waals surface area contributed by atoms with Gasteiger partial charge in [-0.05, 0) is 30.0 Å². The minimum absolute atomic E-state index is 0.133. The molecule has 0 aromatic heterocycles. The summed E-state index contributed by atoms with van der Waals surface area (Å²) < 4.78 is 0. The van der Waals surface area contributed by atoms with Crippen LogP contribution in [0.2, 0.25) is 0 Å². The Bertz CT molecular complexity index is 360. The number of rotatable bonds is 5. The number of nitrogens with two attached hydrogens (primary N) is 1. The first-order valence-electron chi connectivity index (χ1n) is 5.80. The fourth-order valence-electron chi connectivity index (χ4n) is 1.55. The molecule has 1 aromatic carbocycles. The molecule has 0 bridgehead atoms. The topological polar surface area (TPSA) is 75.4 Å². The predicted molar refractivity (Wildman–Crippen MR) is 67.4 cm³/mol. The van der Waals surface area contributed by atoms with Crippen LogP contribution in [0.5, 0.6) is 5.75 Å². The van der Waals surface area contributed by atoms with Gasteiger partial charge in [0.1, 0.15) is 5.75 Å². The van der Waals surface area contributed by atoms with Gasteiger partial charge < -0.3 is 16.2 Å². The number of hydrogen-bond donors (Lipinski definition) is 3. The molecule has 17 heavy (non-hydrogen) atoms. The maximum absolute atomic E-state index is 11.6. The van der Waals surface area contributed by atoms with Crippen LogP contribution in [-0.4, -0.2) is 17.1 Å². The smallest absolute Gasteiger partial charge is 0.237 e. The fraction of sp³-hybridized carbons (Fsp3) is 0.462. The van der Waals surface area contributed by atoms with Crippen molar-refractivity contribution in [2.75, 3.05) is 0 Å². The summed E-state index contributed by atoms with van der Waals surface area (Å²) in [5, 5.41) is 11.9. The van der Waals surface area contributed by atoms with E-state index in [-0.39, 0.29) is 11.7 Å². The second-order valence-electron chi connectivity index (χ2n) is 4.62. The maximum atomic E-state index is 11.6. The van der Waals surface area contributed by atoms with E-state index >= 15 is 0 Å². The Morgan fingerprint density at radius 1 is 1.35 bits per heavy atom. The normalized spacial score (nSPS) is 12.5. The number of phenols is 1. The Morgan fingerprint density at radius 3 is 2.47 bits per heavy atom. The lowest BCUT2D eigenvalue weighted by Gasteiger charge is -2.14. The van der Waals surface area contributed by atoms with Gasteiger partial charge in [-0.25, -0.2) is 0 Å². The highest BCUT2D eigenvalue weighted by molar-refractivity contribution is 5.81. The van der Waals surface area contributed by atoms with Crippen molar-refractivity contribution < 1.29 is 9.90 Å². The summed E-state index contributed by atoms with van der Waals surface area (Å²) in [5.74, 6) is 0.493. The average Bonchev–Trinajstić information content (AvgIpc) is 2.27. The molecule has 0 saturated heterocycles. The number of aromatic hydroxyl groups is 1. The SMILES string of the molecule is CC(C)C[C@@H](N)C(=O)NCc1ccc(O)cc1. The van der Waals surface area contributed by atoms with E-state index in [1.54, 1.807) is 24.3 Å². The van der Waals surface area contributed by atoms with Gasteiger partial charge in [-0.2, -0.15) is 0 Å². The number of benzene rings is 1. The number of carbonyl (C=O) groups excluding carboxylic acids is 1. The van der Waals surface area contributed by atoms with Gasteiger partial charge in [-0.1, -0.05) is 26.0 Å². The van der Waals surface area contributed by atoms with Gasteiger partial charge in [-0.3, -0.25) is 4.79 Å². The maximum Gasteiger partial charge on any atom is 0.237 e. The van der Waals surface area contributed by atoms with Gasteiger partial charge in [-0.15, -0.1) is 0 Å². The van der Waals surface area contributed by atoms with Crippen molar-refractivity contribution in [3.63, 3.8) is 0 Å². The molecular formula is C13H20N2O2. The molecule has 0 fully saturated rings. The molecular weight excluding hydrogens is 216 g/mol. The Morgan fingerprint density at radius 2 is 1.94 bits per heavy atom. The molecule has 0 unspecified atom stereocenters. The van der Waals surface area contributed by atoms with Crippen LogP contribution in [-0.2, 0) is 11.3 Å². The Balaban J connectivity index is 2.40. The molecule has 0 aliphatic heterocycles. The zero-order valence-electron chi connectivity index (χ0n) is 10.3. The second kappa shape index (κ2) is 6.25. The van der Waals surface area contributed by atoms with Crippen LogP contribution in [0.25, 0.3) is 0 Å². The standard InChI is InChI=1S/C13H20N2O2/c1-9(2)7-12(14)13(17)15-8-10-3-5-11(16)6-4-10/h3-6,9,12,16H,7-8,14H2,1-2H3,(H,15,17)/t12-/m1/s1. The van der Waals surface area contributed by atoms with Crippen molar-refractivity contribution in [3.05, 3.63) is 29.8 Å². The van der Waals surface area contributed by atoms with Gasteiger partial charge in [0.2, 0.25) is 5.91 Å². The van der Waals surface area contributed by atoms with E-state index in [4.69, 9.17) is 10.8 Å². The van der Waals surface area contributed by atoms with Gasteiger partial charge >= 0.3 is 0 Å². The van der Waals surface area contributed by atoms with E-state index in [2.05, 4.69) is 5.32 Å². The molecule has 4 heteroatoms. The van der Waals surface area contributed by atoms with Gasteiger partial charge in [0.15, 0.2) is 0 Å². The average molecular weight is 236 g/mol. The van der Waals surface area contributed by atoms with Crippen molar-refractivity contribution in [3.8, 4) is 5.75 Å². The third-order valence-electron chi connectivity index (χ3n) is 2.47. The predicted octanol–water partition coefficient (Wildman–Crippen LogP) is 1.38. The first-order valence-corrected chi connectivity index (χ1v) is 5.80. The molecule has 1 aromatic rings. The van der Waals surface area contributed by atoms with Crippen molar-refractivity contribution in [1.82, 2.24) is 5.32 Å². The third kappa shape index (κ3) is 4.87. The molecule has 0 saturated carbocycles. The molecule has 0 spiro atoms. The van der Waals surface area contributed by atoms with Crippen molar-refractivity contribution >= 4 is 5.91 Å². The highest BCUT2D eigenvalue weighted by Crippen LogP contribution is 2.09. The number of amides is 1. The molecule has 0 aliphatic carbocycles. The third-order valence-corrected chi connectivity index (χ3v) is 2.47.